The van der Waals surface area contributed by atoms with Gasteiger partial charge in [-0.1, -0.05) is 24.3 Å². The van der Waals surface area contributed by atoms with Crippen LogP contribution in [0.25, 0.3) is 0 Å². The molecular weight excluding hydrogens is 358 g/mol. The largest absolute Gasteiger partial charge is 0.393 e. The second kappa shape index (κ2) is 8.42. The number of nitrogens with one attached hydrogen (secondary N) is 1. The van der Waals surface area contributed by atoms with Crippen LogP contribution in [0.4, 0.5) is 4.79 Å². The Balaban J connectivity index is 1.34. The molecule has 0 atom stereocenters. The number of rotatable bonds is 4. The van der Waals surface area contributed by atoms with E-state index in [0.717, 1.165) is 45.4 Å². The van der Waals surface area contributed by atoms with Crippen LogP contribution in [-0.2, 0) is 26.1 Å². The Morgan fingerprint density at radius 2 is 1.93 bits per heavy atom. The Bertz CT molecular complexity index is 783. The zero-order valence-corrected chi connectivity index (χ0v) is 16.4. The minimum atomic E-state index is -0.149. The van der Waals surface area contributed by atoms with Crippen LogP contribution < -0.4 is 5.32 Å². The first-order valence-corrected chi connectivity index (χ1v) is 10.6. The Morgan fingerprint density at radius 3 is 2.74 bits per heavy atom. The van der Waals surface area contributed by atoms with E-state index < -0.39 is 0 Å². The van der Waals surface area contributed by atoms with Crippen LogP contribution in [0.5, 0.6) is 0 Å². The zero-order chi connectivity index (χ0) is 18.6. The summed E-state index contributed by atoms with van der Waals surface area (Å²) >= 11 is 1.79. The van der Waals surface area contributed by atoms with Gasteiger partial charge >= 0.3 is 6.03 Å². The van der Waals surface area contributed by atoms with Crippen LogP contribution in [0.1, 0.15) is 34.4 Å². The monoisotopic (exact) mass is 385 g/mol. The van der Waals surface area contributed by atoms with E-state index in [1.54, 1.807) is 11.3 Å². The molecule has 1 aromatic heterocycles. The average molecular weight is 386 g/mol. The summed E-state index contributed by atoms with van der Waals surface area (Å²) in [6, 6.07) is 10.5. The van der Waals surface area contributed by atoms with Gasteiger partial charge in [-0.2, -0.15) is 0 Å². The Kier molecular flexibility index (Phi) is 5.76. The smallest absolute Gasteiger partial charge is 0.317 e. The highest BCUT2D eigenvalue weighted by Gasteiger charge is 2.22. The summed E-state index contributed by atoms with van der Waals surface area (Å²) in [6.45, 7) is 4.79. The SMILES string of the molecule is O=C(NCc1ccccc1CN1CCC(O)CC1)N1CCc2sccc2C1. The number of carbonyl (C=O) groups is 1. The maximum atomic E-state index is 12.6. The lowest BCUT2D eigenvalue weighted by atomic mass is 10.0. The molecule has 4 rings (SSSR count). The highest BCUT2D eigenvalue weighted by Crippen LogP contribution is 2.24. The van der Waals surface area contributed by atoms with Crippen LogP contribution in [-0.4, -0.2) is 46.7 Å². The highest BCUT2D eigenvalue weighted by atomic mass is 32.1. The number of hydrogen-bond acceptors (Lipinski definition) is 4. The number of piperidine rings is 1. The van der Waals surface area contributed by atoms with E-state index in [0.29, 0.717) is 13.1 Å². The van der Waals surface area contributed by atoms with E-state index >= 15 is 0 Å². The fourth-order valence-electron chi connectivity index (χ4n) is 3.91. The van der Waals surface area contributed by atoms with Gasteiger partial charge in [-0.25, -0.2) is 4.79 Å². The number of urea groups is 1. The van der Waals surface area contributed by atoms with E-state index in [9.17, 15) is 9.90 Å². The molecule has 2 N–H and O–H groups in total. The van der Waals surface area contributed by atoms with Gasteiger partial charge in [0.05, 0.1) is 6.10 Å². The third-order valence-electron chi connectivity index (χ3n) is 5.59. The van der Waals surface area contributed by atoms with Gasteiger partial charge < -0.3 is 15.3 Å². The minimum Gasteiger partial charge on any atom is -0.393 e. The summed E-state index contributed by atoms with van der Waals surface area (Å²) in [5.74, 6) is 0. The zero-order valence-electron chi connectivity index (χ0n) is 15.6. The maximum absolute atomic E-state index is 12.6. The summed E-state index contributed by atoms with van der Waals surface area (Å²) in [5.41, 5.74) is 3.72. The highest BCUT2D eigenvalue weighted by molar-refractivity contribution is 7.10. The molecule has 1 fully saturated rings. The van der Waals surface area contributed by atoms with E-state index in [1.807, 2.05) is 11.0 Å². The quantitative estimate of drug-likeness (QED) is 0.851. The maximum Gasteiger partial charge on any atom is 0.317 e. The molecule has 0 unspecified atom stereocenters. The Morgan fingerprint density at radius 1 is 1.15 bits per heavy atom. The summed E-state index contributed by atoms with van der Waals surface area (Å²) in [6.07, 6.45) is 2.50. The molecule has 5 nitrogen and oxygen atoms in total. The fourth-order valence-corrected chi connectivity index (χ4v) is 4.80. The van der Waals surface area contributed by atoms with Crippen molar-refractivity contribution in [1.29, 1.82) is 0 Å². The topological polar surface area (TPSA) is 55.8 Å². The van der Waals surface area contributed by atoms with Gasteiger partial charge in [-0.05, 0) is 47.4 Å². The molecule has 1 aromatic carbocycles. The molecule has 2 aliphatic heterocycles. The van der Waals surface area contributed by atoms with Crippen molar-refractivity contribution in [3.05, 3.63) is 57.3 Å². The van der Waals surface area contributed by atoms with Crippen LogP contribution in [0.2, 0.25) is 0 Å². The third kappa shape index (κ3) is 4.51. The van der Waals surface area contributed by atoms with Crippen LogP contribution in [0, 0.1) is 0 Å². The first-order chi connectivity index (χ1) is 13.2. The standard InChI is InChI=1S/C21H27N3O2S/c25-19-5-9-23(10-6-19)14-17-4-2-1-3-16(17)13-22-21(26)24-11-7-20-18(15-24)8-12-27-20/h1-4,8,12,19,25H,5-7,9-11,13-15H2,(H,22,26). The molecule has 2 aliphatic rings. The number of carbonyl (C=O) groups excluding carboxylic acids is 1. The molecular formula is C21H27N3O2S. The molecule has 1 saturated heterocycles. The van der Waals surface area contributed by atoms with Crippen molar-refractivity contribution < 1.29 is 9.90 Å². The molecule has 144 valence electrons. The molecule has 0 aliphatic carbocycles. The second-order valence-electron chi connectivity index (χ2n) is 7.48. The summed E-state index contributed by atoms with van der Waals surface area (Å²) in [7, 11) is 0. The van der Waals surface area contributed by atoms with Crippen molar-refractivity contribution in [1.82, 2.24) is 15.1 Å². The lowest BCUT2D eigenvalue weighted by Crippen LogP contribution is -2.42. The molecule has 0 spiro atoms. The van der Waals surface area contributed by atoms with Gasteiger partial charge in [-0.3, -0.25) is 4.90 Å². The van der Waals surface area contributed by atoms with Gasteiger partial charge in [0.15, 0.2) is 0 Å². The number of amides is 2. The number of aliphatic hydroxyl groups is 1. The predicted octanol–water partition coefficient (Wildman–Crippen LogP) is 2.97. The first-order valence-electron chi connectivity index (χ1n) is 9.74. The van der Waals surface area contributed by atoms with E-state index in [4.69, 9.17) is 0 Å². The predicted molar refractivity (Wildman–Crippen MR) is 108 cm³/mol. The van der Waals surface area contributed by atoms with Crippen LogP contribution >= 0.6 is 11.3 Å². The number of benzene rings is 1. The van der Waals surface area contributed by atoms with E-state index in [-0.39, 0.29) is 12.1 Å². The molecule has 6 heteroatoms. The molecule has 0 saturated carbocycles. The number of fused-ring (bicyclic) bond motifs is 1. The van der Waals surface area contributed by atoms with Crippen molar-refractivity contribution in [3.8, 4) is 0 Å². The summed E-state index contributed by atoms with van der Waals surface area (Å²) in [4.78, 5) is 18.3. The minimum absolute atomic E-state index is 0.0164. The van der Waals surface area contributed by atoms with Gasteiger partial charge in [0.25, 0.3) is 0 Å². The van der Waals surface area contributed by atoms with Crippen molar-refractivity contribution in [3.63, 3.8) is 0 Å². The molecule has 3 heterocycles. The summed E-state index contributed by atoms with van der Waals surface area (Å²) < 4.78 is 0. The molecule has 0 radical (unpaired) electrons. The second-order valence-corrected chi connectivity index (χ2v) is 8.48. The third-order valence-corrected chi connectivity index (χ3v) is 6.62. The average Bonchev–Trinajstić information content (AvgIpc) is 3.16. The molecule has 2 amide bonds. The number of thiophene rings is 1. The van der Waals surface area contributed by atoms with Crippen LogP contribution in [0.3, 0.4) is 0 Å². The van der Waals surface area contributed by atoms with Crippen molar-refractivity contribution in [2.24, 2.45) is 0 Å². The Labute approximate surface area is 164 Å². The lowest BCUT2D eigenvalue weighted by molar-refractivity contribution is 0.0791. The summed E-state index contributed by atoms with van der Waals surface area (Å²) in [5, 5.41) is 14.9. The van der Waals surface area contributed by atoms with Crippen molar-refractivity contribution in [2.45, 2.75) is 45.0 Å². The normalized spacial score (nSPS) is 18.3. The van der Waals surface area contributed by atoms with Gasteiger partial charge in [0.2, 0.25) is 0 Å². The Hall–Kier alpha value is -1.89. The molecule has 27 heavy (non-hydrogen) atoms. The number of hydrogen-bond donors (Lipinski definition) is 2. The number of aliphatic hydroxyl groups excluding tert-OH is 1. The number of nitrogens with zero attached hydrogens (tertiary/aromatic N) is 2. The van der Waals surface area contributed by atoms with Gasteiger partial charge in [0.1, 0.15) is 0 Å². The van der Waals surface area contributed by atoms with Gasteiger partial charge in [-0.15, -0.1) is 11.3 Å². The molecule has 0 bridgehead atoms. The first kappa shape index (κ1) is 18.5. The van der Waals surface area contributed by atoms with E-state index in [2.05, 4.69) is 39.9 Å². The molecule has 2 aromatic rings. The van der Waals surface area contributed by atoms with E-state index in [1.165, 1.54) is 21.6 Å². The van der Waals surface area contributed by atoms with Gasteiger partial charge in [0, 0.05) is 44.1 Å². The van der Waals surface area contributed by atoms with Crippen LogP contribution in [0.15, 0.2) is 35.7 Å². The fraction of sp³-hybridized carbons (Fsp3) is 0.476. The van der Waals surface area contributed by atoms with Crippen molar-refractivity contribution in [2.75, 3.05) is 19.6 Å². The van der Waals surface area contributed by atoms with Crippen molar-refractivity contribution >= 4 is 17.4 Å². The lowest BCUT2D eigenvalue weighted by Gasteiger charge is -2.30. The number of likely N-dealkylation sites (tertiary alicyclic amines) is 1.